The number of ether oxygens (including phenoxy) is 2. The van der Waals surface area contributed by atoms with Crippen molar-refractivity contribution in [2.24, 2.45) is 0 Å². The van der Waals surface area contributed by atoms with Crippen LogP contribution in [0, 0.1) is 0 Å². The molecule has 1 amide bonds. The third-order valence-electron chi connectivity index (χ3n) is 7.55. The maximum atomic E-state index is 13.9. The van der Waals surface area contributed by atoms with Crippen molar-refractivity contribution in [3.05, 3.63) is 64.6 Å². The van der Waals surface area contributed by atoms with Gasteiger partial charge < -0.3 is 29.0 Å². The van der Waals surface area contributed by atoms with E-state index in [0.29, 0.717) is 38.7 Å². The molecule has 2 aromatic carbocycles. The Bertz CT molecular complexity index is 1700. The van der Waals surface area contributed by atoms with Crippen LogP contribution >= 0.6 is 0 Å². The first-order chi connectivity index (χ1) is 21.0. The van der Waals surface area contributed by atoms with Crippen molar-refractivity contribution in [3.63, 3.8) is 0 Å². The highest BCUT2D eigenvalue weighted by atomic mass is 16.6. The molecule has 0 aliphatic carbocycles. The van der Waals surface area contributed by atoms with Crippen LogP contribution in [0.5, 0.6) is 0 Å². The largest absolute Gasteiger partial charge is 0.459 e. The highest BCUT2D eigenvalue weighted by molar-refractivity contribution is 6.05. The first kappa shape index (κ1) is 30.9. The van der Waals surface area contributed by atoms with Crippen LogP contribution in [0.4, 0.5) is 16.4 Å². The number of anilines is 2. The van der Waals surface area contributed by atoms with Gasteiger partial charge in [0.1, 0.15) is 29.0 Å². The Balaban J connectivity index is 1.38. The predicted octanol–water partition coefficient (Wildman–Crippen LogP) is 5.72. The van der Waals surface area contributed by atoms with Crippen molar-refractivity contribution >= 4 is 45.6 Å². The first-order valence-electron chi connectivity index (χ1n) is 15.2. The second-order valence-corrected chi connectivity index (χ2v) is 12.1. The Morgan fingerprint density at radius 1 is 1.05 bits per heavy atom. The fraction of sp³-hybridized carbons (Fsp3) is 0.455. The summed E-state index contributed by atoms with van der Waals surface area (Å²) in [5.41, 5.74) is 1.75. The Morgan fingerprint density at radius 3 is 2.50 bits per heavy atom. The van der Waals surface area contributed by atoms with E-state index in [4.69, 9.17) is 13.9 Å². The summed E-state index contributed by atoms with van der Waals surface area (Å²) in [5, 5.41) is 5.32. The van der Waals surface area contributed by atoms with Crippen LogP contribution in [-0.4, -0.2) is 64.9 Å². The lowest BCUT2D eigenvalue weighted by molar-refractivity contribution is -0.155. The van der Waals surface area contributed by atoms with E-state index >= 15 is 0 Å². The molecule has 5 rings (SSSR count). The molecule has 3 heterocycles. The zero-order valence-electron chi connectivity index (χ0n) is 26.1. The summed E-state index contributed by atoms with van der Waals surface area (Å²) < 4.78 is 18.2. The molecule has 1 aliphatic rings. The first-order valence-corrected chi connectivity index (χ1v) is 15.2. The van der Waals surface area contributed by atoms with Crippen LogP contribution in [0.1, 0.15) is 59.1 Å². The van der Waals surface area contributed by atoms with Gasteiger partial charge in [-0.1, -0.05) is 37.6 Å². The third-order valence-corrected chi connectivity index (χ3v) is 7.55. The number of amides is 1. The van der Waals surface area contributed by atoms with E-state index < -0.39 is 11.6 Å². The van der Waals surface area contributed by atoms with E-state index in [1.807, 2.05) is 55.1 Å². The van der Waals surface area contributed by atoms with Gasteiger partial charge in [-0.3, -0.25) is 14.2 Å². The smallest absolute Gasteiger partial charge is 0.409 e. The summed E-state index contributed by atoms with van der Waals surface area (Å²) in [6.07, 6.45) is 2.94. The Morgan fingerprint density at radius 2 is 1.77 bits per heavy atom. The zero-order chi connectivity index (χ0) is 31.4. The highest BCUT2D eigenvalue weighted by Crippen LogP contribution is 2.31. The minimum atomic E-state index is -0.710. The van der Waals surface area contributed by atoms with E-state index in [2.05, 4.69) is 16.4 Å². The number of nitrogens with one attached hydrogen (secondary N) is 1. The lowest BCUT2D eigenvalue weighted by Gasteiger charge is -2.35. The SMILES string of the molecule is CCCCOC(=O)N1CCN(c2ncc(N[C@H](C)c3ccc4oc5ccccc5c4c3)c(=O)n2CC(=O)OC(C)(C)C)CC1. The van der Waals surface area contributed by atoms with Crippen LogP contribution in [-0.2, 0) is 20.8 Å². The maximum Gasteiger partial charge on any atom is 0.409 e. The molecule has 11 heteroatoms. The number of esters is 1. The molecule has 0 radical (unpaired) electrons. The van der Waals surface area contributed by atoms with Crippen LogP contribution < -0.4 is 15.8 Å². The van der Waals surface area contributed by atoms with Gasteiger partial charge in [0.25, 0.3) is 5.56 Å². The number of hydrogen-bond donors (Lipinski definition) is 1. The summed E-state index contributed by atoms with van der Waals surface area (Å²) in [7, 11) is 0. The standard InChI is InChI=1S/C33H41N5O6/c1-6-7-18-42-32(41)37-16-14-36(15-17-37)31-34-20-26(30(40)38(31)21-29(39)44-33(3,4)5)35-22(2)23-12-13-28-25(19-23)24-10-8-9-11-27(24)43-28/h8-13,19-20,22,35H,6-7,14-18,21H2,1-5H3/t22-/m1/s1. The molecule has 0 saturated carbocycles. The van der Waals surface area contributed by atoms with E-state index in [0.717, 1.165) is 40.3 Å². The fourth-order valence-electron chi connectivity index (χ4n) is 5.29. The molecule has 1 atom stereocenters. The number of unbranched alkanes of at least 4 members (excludes halogenated alkanes) is 1. The quantitative estimate of drug-likeness (QED) is 0.189. The van der Waals surface area contributed by atoms with Gasteiger partial charge in [-0.25, -0.2) is 9.78 Å². The molecule has 0 spiro atoms. The molecule has 4 aromatic rings. The van der Waals surface area contributed by atoms with Gasteiger partial charge in [-0.2, -0.15) is 0 Å². The van der Waals surface area contributed by atoms with Crippen molar-refractivity contribution in [3.8, 4) is 0 Å². The average molecular weight is 604 g/mol. The molecule has 44 heavy (non-hydrogen) atoms. The Labute approximate surface area is 256 Å². The number of aromatic nitrogens is 2. The van der Waals surface area contributed by atoms with E-state index in [1.54, 1.807) is 25.7 Å². The topological polar surface area (TPSA) is 119 Å². The number of benzene rings is 2. The number of furan rings is 1. The normalized spacial score (nSPS) is 14.6. The number of carbonyl (C=O) groups is 2. The minimum absolute atomic E-state index is 0.245. The summed E-state index contributed by atoms with van der Waals surface area (Å²) in [5.74, 6) is -0.187. The van der Waals surface area contributed by atoms with Crippen molar-refractivity contribution in [1.82, 2.24) is 14.5 Å². The lowest BCUT2D eigenvalue weighted by Crippen LogP contribution is -2.50. The van der Waals surface area contributed by atoms with Crippen LogP contribution in [0.15, 0.2) is 57.9 Å². The average Bonchev–Trinajstić information content (AvgIpc) is 3.36. The van der Waals surface area contributed by atoms with Gasteiger partial charge in [0.2, 0.25) is 5.95 Å². The number of carbonyl (C=O) groups excluding carboxylic acids is 2. The zero-order valence-corrected chi connectivity index (χ0v) is 26.1. The Kier molecular flexibility index (Phi) is 9.12. The minimum Gasteiger partial charge on any atom is -0.459 e. The van der Waals surface area contributed by atoms with E-state index in [9.17, 15) is 14.4 Å². The molecular weight excluding hydrogens is 562 g/mol. The molecular formula is C33H41N5O6. The second kappa shape index (κ2) is 13.0. The molecule has 0 unspecified atom stereocenters. The van der Waals surface area contributed by atoms with Crippen molar-refractivity contribution < 1.29 is 23.5 Å². The number of hydrogen-bond acceptors (Lipinski definition) is 9. The van der Waals surface area contributed by atoms with Crippen molar-refractivity contribution in [1.29, 1.82) is 0 Å². The van der Waals surface area contributed by atoms with E-state index in [1.165, 1.54) is 10.8 Å². The molecule has 0 bridgehead atoms. The summed E-state index contributed by atoms with van der Waals surface area (Å²) in [6.45, 7) is 11.2. The number of rotatable bonds is 9. The lowest BCUT2D eigenvalue weighted by atomic mass is 10.0. The van der Waals surface area contributed by atoms with Crippen molar-refractivity contribution in [2.75, 3.05) is 43.0 Å². The summed E-state index contributed by atoms with van der Waals surface area (Å²) >= 11 is 0. The van der Waals surface area contributed by atoms with Crippen molar-refractivity contribution in [2.45, 2.75) is 65.6 Å². The van der Waals surface area contributed by atoms with Gasteiger partial charge >= 0.3 is 12.1 Å². The van der Waals surface area contributed by atoms with Gasteiger partial charge in [-0.05, 0) is 57.9 Å². The molecule has 1 N–H and O–H groups in total. The van der Waals surface area contributed by atoms with Gasteiger partial charge in [0.05, 0.1) is 12.8 Å². The van der Waals surface area contributed by atoms with Crippen LogP contribution in [0.3, 0.4) is 0 Å². The Hall–Kier alpha value is -4.54. The monoisotopic (exact) mass is 603 g/mol. The molecule has 1 fully saturated rings. The molecule has 2 aromatic heterocycles. The molecule has 1 saturated heterocycles. The highest BCUT2D eigenvalue weighted by Gasteiger charge is 2.27. The molecule has 11 nitrogen and oxygen atoms in total. The summed E-state index contributed by atoms with van der Waals surface area (Å²) in [6, 6.07) is 13.6. The number of para-hydroxylation sites is 1. The van der Waals surface area contributed by atoms with Gasteiger partial charge in [0, 0.05) is 43.0 Å². The maximum absolute atomic E-state index is 13.9. The number of fused-ring (bicyclic) bond motifs is 3. The van der Waals surface area contributed by atoms with E-state index in [-0.39, 0.29) is 29.9 Å². The fourth-order valence-corrected chi connectivity index (χ4v) is 5.29. The van der Waals surface area contributed by atoms with Gasteiger partial charge in [0.15, 0.2) is 0 Å². The number of nitrogens with zero attached hydrogens (tertiary/aromatic N) is 4. The third kappa shape index (κ3) is 6.98. The van der Waals surface area contributed by atoms with Gasteiger partial charge in [-0.15, -0.1) is 0 Å². The number of piperazine rings is 1. The van der Waals surface area contributed by atoms with Crippen LogP contribution in [0.25, 0.3) is 21.9 Å². The second-order valence-electron chi connectivity index (χ2n) is 12.1. The molecule has 234 valence electrons. The summed E-state index contributed by atoms with van der Waals surface area (Å²) in [4.78, 5) is 47.5. The predicted molar refractivity (Wildman–Crippen MR) is 170 cm³/mol. The molecule has 1 aliphatic heterocycles. The van der Waals surface area contributed by atoms with Crippen LogP contribution in [0.2, 0.25) is 0 Å².